The first kappa shape index (κ1) is 22.4. The van der Waals surface area contributed by atoms with Crippen LogP contribution >= 0.6 is 11.6 Å². The Morgan fingerprint density at radius 1 is 1.12 bits per heavy atom. The molecule has 0 spiro atoms. The molecule has 1 N–H and O–H groups in total. The number of anilines is 2. The van der Waals surface area contributed by atoms with Gasteiger partial charge in [0.25, 0.3) is 0 Å². The number of benzene rings is 2. The van der Waals surface area contributed by atoms with Crippen LogP contribution in [-0.4, -0.2) is 16.7 Å². The van der Waals surface area contributed by atoms with Crippen molar-refractivity contribution >= 4 is 34.7 Å². The van der Waals surface area contributed by atoms with E-state index in [9.17, 15) is 9.59 Å². The first-order valence-electron chi connectivity index (χ1n) is 11.4. The summed E-state index contributed by atoms with van der Waals surface area (Å²) in [5.41, 5.74) is 3.81. The van der Waals surface area contributed by atoms with Crippen LogP contribution in [0.2, 0.25) is 5.02 Å². The van der Waals surface area contributed by atoms with Crippen molar-refractivity contribution in [2.24, 2.45) is 11.3 Å². The molecule has 0 radical (unpaired) electrons. The van der Waals surface area contributed by atoms with Crippen LogP contribution in [0, 0.1) is 11.3 Å². The predicted molar refractivity (Wildman–Crippen MR) is 135 cm³/mol. The molecule has 3 aromatic rings. The average molecular weight is 472 g/mol. The molecule has 0 fully saturated rings. The molecule has 2 aliphatic rings. The zero-order chi connectivity index (χ0) is 23.9. The van der Waals surface area contributed by atoms with Gasteiger partial charge in [-0.05, 0) is 46.9 Å². The Balaban J connectivity index is 1.69. The van der Waals surface area contributed by atoms with Crippen molar-refractivity contribution in [3.8, 4) is 0 Å². The molecule has 1 aliphatic carbocycles. The van der Waals surface area contributed by atoms with Crippen molar-refractivity contribution in [3.05, 3.63) is 101 Å². The normalized spacial score (nSPS) is 21.0. The number of nitrogens with one attached hydrogen (secondary N) is 1. The van der Waals surface area contributed by atoms with Crippen LogP contribution in [0.15, 0.2) is 84.8 Å². The Labute approximate surface area is 204 Å². The lowest BCUT2D eigenvalue weighted by Crippen LogP contribution is -2.44. The number of aromatic nitrogens is 1. The van der Waals surface area contributed by atoms with Gasteiger partial charge in [0.05, 0.1) is 29.8 Å². The van der Waals surface area contributed by atoms with E-state index >= 15 is 0 Å². The van der Waals surface area contributed by atoms with Gasteiger partial charge < -0.3 is 10.2 Å². The third-order valence-electron chi connectivity index (χ3n) is 6.46. The second-order valence-electron chi connectivity index (χ2n) is 9.65. The molecule has 2 unspecified atom stereocenters. The Bertz CT molecular complexity index is 1270. The number of amides is 1. The maximum absolute atomic E-state index is 14.0. The molecule has 2 heterocycles. The summed E-state index contributed by atoms with van der Waals surface area (Å²) < 4.78 is 0. The van der Waals surface area contributed by atoms with E-state index in [1.165, 1.54) is 0 Å². The molecule has 0 bridgehead atoms. The SMILES string of the molecule is CC1(C)C=C2Nc3ccccc3N(C(=O)Cc3ccc(Cl)cc3)C(c3cccnc3)C2C(=O)C1. The van der Waals surface area contributed by atoms with Gasteiger partial charge in [-0.2, -0.15) is 0 Å². The van der Waals surface area contributed by atoms with Crippen molar-refractivity contribution in [2.45, 2.75) is 32.7 Å². The van der Waals surface area contributed by atoms with Gasteiger partial charge in [-0.15, -0.1) is 0 Å². The number of Topliss-reactive ketones (excluding diaryl/α,β-unsaturated/α-hetero) is 1. The van der Waals surface area contributed by atoms with Gasteiger partial charge >= 0.3 is 0 Å². The quantitative estimate of drug-likeness (QED) is 0.510. The van der Waals surface area contributed by atoms with Crippen molar-refractivity contribution in [1.82, 2.24) is 4.98 Å². The number of carbonyl (C=O) groups is 2. The third-order valence-corrected chi connectivity index (χ3v) is 6.71. The number of ketones is 1. The van der Waals surface area contributed by atoms with Gasteiger partial charge in [-0.25, -0.2) is 0 Å². The highest BCUT2D eigenvalue weighted by molar-refractivity contribution is 6.30. The number of nitrogens with zero attached hydrogens (tertiary/aromatic N) is 2. The van der Waals surface area contributed by atoms with Gasteiger partial charge in [0.15, 0.2) is 0 Å². The number of allylic oxidation sites excluding steroid dienone is 1. The summed E-state index contributed by atoms with van der Waals surface area (Å²) in [7, 11) is 0. The Hall–Kier alpha value is -3.44. The smallest absolute Gasteiger partial charge is 0.232 e. The van der Waals surface area contributed by atoms with Crippen LogP contribution in [0.4, 0.5) is 11.4 Å². The van der Waals surface area contributed by atoms with Gasteiger partial charge in [0, 0.05) is 29.5 Å². The molecule has 0 saturated carbocycles. The lowest BCUT2D eigenvalue weighted by Gasteiger charge is -2.39. The summed E-state index contributed by atoms with van der Waals surface area (Å²) in [5, 5.41) is 4.14. The fourth-order valence-electron chi connectivity index (χ4n) is 5.04. The Kier molecular flexibility index (Phi) is 5.74. The van der Waals surface area contributed by atoms with E-state index in [1.807, 2.05) is 48.5 Å². The molecule has 0 saturated heterocycles. The number of halogens is 1. The summed E-state index contributed by atoms with van der Waals surface area (Å²) in [5.74, 6) is -0.496. The summed E-state index contributed by atoms with van der Waals surface area (Å²) in [4.78, 5) is 33.7. The van der Waals surface area contributed by atoms with Gasteiger partial charge in [0.2, 0.25) is 5.91 Å². The fraction of sp³-hybridized carbons (Fsp3) is 0.250. The third kappa shape index (κ3) is 4.24. The van der Waals surface area contributed by atoms with Crippen LogP contribution in [0.3, 0.4) is 0 Å². The van der Waals surface area contributed by atoms with Crippen LogP contribution in [0.5, 0.6) is 0 Å². The second kappa shape index (κ2) is 8.73. The minimum Gasteiger partial charge on any atom is -0.357 e. The van der Waals surface area contributed by atoms with Crippen molar-refractivity contribution in [3.63, 3.8) is 0 Å². The number of hydrogen-bond acceptors (Lipinski definition) is 4. The summed E-state index contributed by atoms with van der Waals surface area (Å²) in [6, 6.07) is 18.3. The predicted octanol–water partition coefficient (Wildman–Crippen LogP) is 5.98. The number of pyridine rings is 1. The molecular formula is C28H26ClN3O2. The molecule has 34 heavy (non-hydrogen) atoms. The van der Waals surface area contributed by atoms with E-state index in [2.05, 4.69) is 30.2 Å². The minimum atomic E-state index is -0.515. The lowest BCUT2D eigenvalue weighted by molar-refractivity contribution is -0.125. The Morgan fingerprint density at radius 3 is 2.62 bits per heavy atom. The molecule has 6 heteroatoms. The van der Waals surface area contributed by atoms with E-state index in [0.717, 1.165) is 28.2 Å². The van der Waals surface area contributed by atoms with Crippen molar-refractivity contribution < 1.29 is 9.59 Å². The van der Waals surface area contributed by atoms with Gasteiger partial charge in [-0.3, -0.25) is 14.6 Å². The molecule has 5 nitrogen and oxygen atoms in total. The van der Waals surface area contributed by atoms with E-state index in [-0.39, 0.29) is 23.5 Å². The summed E-state index contributed by atoms with van der Waals surface area (Å²) >= 11 is 6.05. The molecule has 2 aromatic carbocycles. The molecule has 1 aliphatic heterocycles. The summed E-state index contributed by atoms with van der Waals surface area (Å²) in [6.45, 7) is 4.13. The monoisotopic (exact) mass is 471 g/mol. The zero-order valence-electron chi connectivity index (χ0n) is 19.2. The maximum Gasteiger partial charge on any atom is 0.232 e. The van der Waals surface area contributed by atoms with E-state index < -0.39 is 12.0 Å². The van der Waals surface area contributed by atoms with Crippen LogP contribution in [0.1, 0.15) is 37.4 Å². The summed E-state index contributed by atoms with van der Waals surface area (Å²) in [6.07, 6.45) is 6.20. The highest BCUT2D eigenvalue weighted by Crippen LogP contribution is 2.48. The van der Waals surface area contributed by atoms with Crippen LogP contribution in [0.25, 0.3) is 0 Å². The molecule has 172 valence electrons. The fourth-order valence-corrected chi connectivity index (χ4v) is 5.17. The van der Waals surface area contributed by atoms with Crippen molar-refractivity contribution in [2.75, 3.05) is 10.2 Å². The molecular weight excluding hydrogens is 446 g/mol. The average Bonchev–Trinajstić information content (AvgIpc) is 2.94. The van der Waals surface area contributed by atoms with Crippen LogP contribution in [-0.2, 0) is 16.0 Å². The first-order chi connectivity index (χ1) is 16.3. The highest BCUT2D eigenvalue weighted by Gasteiger charge is 2.46. The molecule has 1 amide bonds. The Morgan fingerprint density at radius 2 is 1.88 bits per heavy atom. The van der Waals surface area contributed by atoms with Crippen molar-refractivity contribution in [1.29, 1.82) is 0 Å². The van der Waals surface area contributed by atoms with E-state index in [1.54, 1.807) is 29.4 Å². The number of hydrogen-bond donors (Lipinski definition) is 1. The molecule has 1 aromatic heterocycles. The largest absolute Gasteiger partial charge is 0.357 e. The highest BCUT2D eigenvalue weighted by atomic mass is 35.5. The zero-order valence-corrected chi connectivity index (χ0v) is 19.9. The van der Waals surface area contributed by atoms with E-state index in [0.29, 0.717) is 11.4 Å². The van der Waals surface area contributed by atoms with Gasteiger partial charge in [0.1, 0.15) is 5.78 Å². The number of rotatable bonds is 3. The topological polar surface area (TPSA) is 62.3 Å². The number of carbonyl (C=O) groups excluding carboxylic acids is 2. The van der Waals surface area contributed by atoms with Crippen LogP contribution < -0.4 is 10.2 Å². The molecule has 2 atom stereocenters. The standard InChI is InChI=1S/C28H26ClN3O2/c1-28(2)15-22-26(24(33)16-28)27(19-6-5-13-30-17-19)32(23-8-4-3-7-21(23)31-22)25(34)14-18-9-11-20(29)12-10-18/h3-13,15,17,26-27,31H,14,16H2,1-2H3. The lowest BCUT2D eigenvalue weighted by atomic mass is 9.72. The number of fused-ring (bicyclic) bond motifs is 2. The molecule has 5 rings (SSSR count). The minimum absolute atomic E-state index is 0.0932. The first-order valence-corrected chi connectivity index (χ1v) is 11.8. The van der Waals surface area contributed by atoms with Gasteiger partial charge in [-0.1, -0.05) is 61.9 Å². The van der Waals surface area contributed by atoms with E-state index in [4.69, 9.17) is 11.6 Å². The number of para-hydroxylation sites is 2. The maximum atomic E-state index is 14.0. The second-order valence-corrected chi connectivity index (χ2v) is 10.1.